The lowest BCUT2D eigenvalue weighted by atomic mass is 10.0. The summed E-state index contributed by atoms with van der Waals surface area (Å²) in [6.45, 7) is 5.71. The van der Waals surface area contributed by atoms with Crippen molar-refractivity contribution in [2.75, 3.05) is 20.1 Å². The molecule has 0 aliphatic rings. The molecule has 0 saturated carbocycles. The van der Waals surface area contributed by atoms with Crippen molar-refractivity contribution >= 4 is 5.78 Å². The fourth-order valence-corrected chi connectivity index (χ4v) is 1.93. The zero-order chi connectivity index (χ0) is 12.7. The van der Waals surface area contributed by atoms with Crippen LogP contribution in [0.25, 0.3) is 0 Å². The van der Waals surface area contributed by atoms with Gasteiger partial charge in [-0.25, -0.2) is 0 Å². The Labute approximate surface area is 105 Å². The largest absolute Gasteiger partial charge is 0.299 e. The van der Waals surface area contributed by atoms with Gasteiger partial charge in [-0.1, -0.05) is 44.0 Å². The van der Waals surface area contributed by atoms with Crippen molar-refractivity contribution in [1.29, 1.82) is 0 Å². The van der Waals surface area contributed by atoms with E-state index in [9.17, 15) is 4.79 Å². The van der Waals surface area contributed by atoms with Gasteiger partial charge in [0.1, 0.15) is 0 Å². The van der Waals surface area contributed by atoms with E-state index in [-0.39, 0.29) is 5.78 Å². The molecule has 17 heavy (non-hydrogen) atoms. The maximum Gasteiger partial charge on any atom is 0.177 e. The molecule has 2 nitrogen and oxygen atoms in total. The molecule has 2 heteroatoms. The minimum atomic E-state index is 0.224. The van der Waals surface area contributed by atoms with E-state index in [1.54, 1.807) is 0 Å². The fourth-order valence-electron chi connectivity index (χ4n) is 1.93. The Kier molecular flexibility index (Phi) is 5.92. The van der Waals surface area contributed by atoms with Gasteiger partial charge in [-0.05, 0) is 32.5 Å². The van der Waals surface area contributed by atoms with Gasteiger partial charge in [0.05, 0.1) is 6.54 Å². The molecule has 1 rings (SSSR count). The highest BCUT2D eigenvalue weighted by Crippen LogP contribution is 2.08. The van der Waals surface area contributed by atoms with Crippen molar-refractivity contribution in [2.24, 2.45) is 0 Å². The standard InChI is InChI=1S/C15H23NO/c1-4-5-8-11-16(3)12-15(17)14-10-7-6-9-13(14)2/h6-7,9-10H,4-5,8,11-12H2,1-3H3. The van der Waals surface area contributed by atoms with Gasteiger partial charge in [0.25, 0.3) is 0 Å². The van der Waals surface area contributed by atoms with Crippen LogP contribution in [0.15, 0.2) is 24.3 Å². The lowest BCUT2D eigenvalue weighted by molar-refractivity contribution is 0.0945. The van der Waals surface area contributed by atoms with Crippen LogP contribution in [0.5, 0.6) is 0 Å². The van der Waals surface area contributed by atoms with E-state index >= 15 is 0 Å². The fraction of sp³-hybridized carbons (Fsp3) is 0.533. The molecule has 0 saturated heterocycles. The van der Waals surface area contributed by atoms with Gasteiger partial charge in [-0.2, -0.15) is 0 Å². The molecule has 0 radical (unpaired) electrons. The first-order valence-corrected chi connectivity index (χ1v) is 6.42. The van der Waals surface area contributed by atoms with Gasteiger partial charge in [0.15, 0.2) is 5.78 Å². The molecule has 94 valence electrons. The first-order chi connectivity index (χ1) is 8.15. The zero-order valence-corrected chi connectivity index (χ0v) is 11.2. The van der Waals surface area contributed by atoms with Gasteiger partial charge >= 0.3 is 0 Å². The molecule has 0 bridgehead atoms. The third kappa shape index (κ3) is 4.70. The normalized spacial score (nSPS) is 10.8. The quantitative estimate of drug-likeness (QED) is 0.532. The molecule has 0 fully saturated rings. The first-order valence-electron chi connectivity index (χ1n) is 6.42. The third-order valence-corrected chi connectivity index (χ3v) is 3.00. The topological polar surface area (TPSA) is 20.3 Å². The number of ketones is 1. The van der Waals surface area contributed by atoms with Crippen molar-refractivity contribution in [3.8, 4) is 0 Å². The number of hydrogen-bond donors (Lipinski definition) is 0. The predicted molar refractivity (Wildman–Crippen MR) is 72.5 cm³/mol. The number of rotatable bonds is 7. The summed E-state index contributed by atoms with van der Waals surface area (Å²) in [5, 5.41) is 0. The molecule has 0 aliphatic heterocycles. The predicted octanol–water partition coefficient (Wildman–Crippen LogP) is 3.30. The average Bonchev–Trinajstić information content (AvgIpc) is 2.29. The number of carbonyl (C=O) groups is 1. The second-order valence-corrected chi connectivity index (χ2v) is 4.68. The van der Waals surface area contributed by atoms with E-state index in [1.807, 2.05) is 38.2 Å². The van der Waals surface area contributed by atoms with Crippen LogP contribution < -0.4 is 0 Å². The Bertz CT molecular complexity index is 360. The monoisotopic (exact) mass is 233 g/mol. The van der Waals surface area contributed by atoms with E-state index in [4.69, 9.17) is 0 Å². The smallest absolute Gasteiger partial charge is 0.177 e. The Morgan fingerprint density at radius 1 is 1.24 bits per heavy atom. The van der Waals surface area contributed by atoms with Crippen LogP contribution in [0, 0.1) is 6.92 Å². The summed E-state index contributed by atoms with van der Waals surface area (Å²) >= 11 is 0. The van der Waals surface area contributed by atoms with Crippen LogP contribution in [-0.4, -0.2) is 30.8 Å². The van der Waals surface area contributed by atoms with Gasteiger partial charge < -0.3 is 0 Å². The van der Waals surface area contributed by atoms with Crippen LogP contribution >= 0.6 is 0 Å². The van der Waals surface area contributed by atoms with Crippen molar-refractivity contribution in [1.82, 2.24) is 4.90 Å². The van der Waals surface area contributed by atoms with Crippen molar-refractivity contribution < 1.29 is 4.79 Å². The summed E-state index contributed by atoms with van der Waals surface area (Å²) < 4.78 is 0. The van der Waals surface area contributed by atoms with Crippen LogP contribution in [0.2, 0.25) is 0 Å². The summed E-state index contributed by atoms with van der Waals surface area (Å²) in [4.78, 5) is 14.2. The molecule has 0 atom stereocenters. The number of benzene rings is 1. The van der Waals surface area contributed by atoms with E-state index in [2.05, 4.69) is 11.8 Å². The van der Waals surface area contributed by atoms with Crippen molar-refractivity contribution in [3.63, 3.8) is 0 Å². The van der Waals surface area contributed by atoms with E-state index in [0.717, 1.165) is 17.7 Å². The maximum absolute atomic E-state index is 12.1. The Hall–Kier alpha value is -1.15. The SMILES string of the molecule is CCCCCN(C)CC(=O)c1ccccc1C. The summed E-state index contributed by atoms with van der Waals surface area (Å²) in [5.41, 5.74) is 1.93. The number of Topliss-reactive ketones (excluding diaryl/α,β-unsaturated/α-hetero) is 1. The molecular formula is C15H23NO. The van der Waals surface area contributed by atoms with E-state index in [0.29, 0.717) is 6.54 Å². The number of nitrogens with zero attached hydrogens (tertiary/aromatic N) is 1. The minimum Gasteiger partial charge on any atom is -0.299 e. The molecular weight excluding hydrogens is 210 g/mol. The highest BCUT2D eigenvalue weighted by molar-refractivity contribution is 5.98. The Balaban J connectivity index is 2.46. The second-order valence-electron chi connectivity index (χ2n) is 4.68. The highest BCUT2D eigenvalue weighted by Gasteiger charge is 2.10. The average molecular weight is 233 g/mol. The Morgan fingerprint density at radius 3 is 2.59 bits per heavy atom. The molecule has 0 N–H and O–H groups in total. The van der Waals surface area contributed by atoms with Crippen LogP contribution in [0.3, 0.4) is 0 Å². The van der Waals surface area contributed by atoms with Gasteiger partial charge in [-0.3, -0.25) is 9.69 Å². The number of likely N-dealkylation sites (N-methyl/N-ethyl adjacent to an activating group) is 1. The lowest BCUT2D eigenvalue weighted by Gasteiger charge is -2.16. The van der Waals surface area contributed by atoms with Crippen molar-refractivity contribution in [3.05, 3.63) is 35.4 Å². The number of aryl methyl sites for hydroxylation is 1. The van der Waals surface area contributed by atoms with Crippen LogP contribution in [0.1, 0.15) is 42.1 Å². The third-order valence-electron chi connectivity index (χ3n) is 3.00. The summed E-state index contributed by atoms with van der Waals surface area (Å²) in [5.74, 6) is 0.224. The first kappa shape index (κ1) is 13.9. The second kappa shape index (κ2) is 7.23. The van der Waals surface area contributed by atoms with E-state index in [1.165, 1.54) is 19.3 Å². The summed E-state index contributed by atoms with van der Waals surface area (Å²) in [6, 6.07) is 7.80. The van der Waals surface area contributed by atoms with E-state index < -0.39 is 0 Å². The summed E-state index contributed by atoms with van der Waals surface area (Å²) in [6.07, 6.45) is 3.64. The molecule has 0 heterocycles. The number of hydrogen-bond acceptors (Lipinski definition) is 2. The molecule has 0 aliphatic carbocycles. The van der Waals surface area contributed by atoms with Crippen LogP contribution in [-0.2, 0) is 0 Å². The van der Waals surface area contributed by atoms with Gasteiger partial charge in [0, 0.05) is 5.56 Å². The molecule has 1 aromatic carbocycles. The number of unbranched alkanes of at least 4 members (excludes halogenated alkanes) is 2. The molecule has 0 unspecified atom stereocenters. The summed E-state index contributed by atoms with van der Waals surface area (Å²) in [7, 11) is 2.02. The minimum absolute atomic E-state index is 0.224. The lowest BCUT2D eigenvalue weighted by Crippen LogP contribution is -2.27. The molecule has 1 aromatic rings. The van der Waals surface area contributed by atoms with Gasteiger partial charge in [0.2, 0.25) is 0 Å². The highest BCUT2D eigenvalue weighted by atomic mass is 16.1. The molecule has 0 spiro atoms. The Morgan fingerprint density at radius 2 is 1.94 bits per heavy atom. The van der Waals surface area contributed by atoms with Gasteiger partial charge in [-0.15, -0.1) is 0 Å². The number of carbonyl (C=O) groups excluding carboxylic acids is 1. The van der Waals surface area contributed by atoms with Crippen molar-refractivity contribution in [2.45, 2.75) is 33.1 Å². The van der Waals surface area contributed by atoms with Crippen LogP contribution in [0.4, 0.5) is 0 Å². The molecule has 0 aromatic heterocycles. The zero-order valence-electron chi connectivity index (χ0n) is 11.2. The maximum atomic E-state index is 12.1. The molecule has 0 amide bonds.